The summed E-state index contributed by atoms with van der Waals surface area (Å²) in [4.78, 5) is 20.1. The molecule has 1 amide bonds. The van der Waals surface area contributed by atoms with Gasteiger partial charge >= 0.3 is 0 Å². The van der Waals surface area contributed by atoms with E-state index >= 15 is 0 Å². The summed E-state index contributed by atoms with van der Waals surface area (Å²) in [5, 5.41) is 5.74. The molecule has 102 valence electrons. The molecule has 0 saturated heterocycles. The van der Waals surface area contributed by atoms with E-state index in [1.807, 2.05) is 12.1 Å². The smallest absolute Gasteiger partial charge is 0.275 e. The molecule has 1 heterocycles. The molecule has 6 heteroatoms. The zero-order valence-electron chi connectivity index (χ0n) is 10.6. The number of rotatable bonds is 5. The minimum absolute atomic E-state index is 0.261. The maximum atomic E-state index is 12.0. The first-order chi connectivity index (χ1) is 9.69. The third kappa shape index (κ3) is 3.89. The van der Waals surface area contributed by atoms with Crippen LogP contribution in [0.3, 0.4) is 0 Å². The fourth-order valence-corrected chi connectivity index (χ4v) is 1.71. The normalized spacial score (nSPS) is 9.85. The van der Waals surface area contributed by atoms with Crippen LogP contribution in [0.5, 0.6) is 0 Å². The molecular weight excluding hydrogens is 320 g/mol. The second-order valence-electron chi connectivity index (χ2n) is 3.92. The fraction of sp³-hybridized carbons (Fsp3) is 0.0714. The van der Waals surface area contributed by atoms with Crippen molar-refractivity contribution in [3.63, 3.8) is 0 Å². The van der Waals surface area contributed by atoms with Crippen molar-refractivity contribution in [3.05, 3.63) is 59.5 Å². The number of halogens is 1. The maximum absolute atomic E-state index is 12.0. The highest BCUT2D eigenvalue weighted by Crippen LogP contribution is 2.14. The topological polar surface area (TPSA) is 66.9 Å². The highest BCUT2D eigenvalue weighted by molar-refractivity contribution is 9.10. The van der Waals surface area contributed by atoms with Crippen molar-refractivity contribution in [1.29, 1.82) is 0 Å². The number of carbonyl (C=O) groups excluding carboxylic acids is 1. The van der Waals surface area contributed by atoms with E-state index in [-0.39, 0.29) is 11.6 Å². The first-order valence-corrected chi connectivity index (χ1v) is 6.72. The van der Waals surface area contributed by atoms with Crippen LogP contribution < -0.4 is 10.6 Å². The summed E-state index contributed by atoms with van der Waals surface area (Å²) < 4.78 is 0.952. The number of nitrogens with one attached hydrogen (secondary N) is 2. The van der Waals surface area contributed by atoms with Crippen LogP contribution in [-0.2, 0) is 0 Å². The number of carbonyl (C=O) groups is 1. The molecule has 5 nitrogen and oxygen atoms in total. The third-order valence-corrected chi connectivity index (χ3v) is 2.94. The SMILES string of the molecule is C=CCNc1cnc(C(=O)Nc2ccc(Br)cc2)cn1. The Labute approximate surface area is 125 Å². The van der Waals surface area contributed by atoms with Crippen LogP contribution in [0.1, 0.15) is 10.5 Å². The average molecular weight is 333 g/mol. The van der Waals surface area contributed by atoms with E-state index in [0.717, 1.165) is 4.47 Å². The summed E-state index contributed by atoms with van der Waals surface area (Å²) in [6.07, 6.45) is 4.66. The summed E-state index contributed by atoms with van der Waals surface area (Å²) in [7, 11) is 0. The number of aromatic nitrogens is 2. The molecule has 0 atom stereocenters. The molecular formula is C14H13BrN4O. The zero-order valence-corrected chi connectivity index (χ0v) is 12.2. The second kappa shape index (κ2) is 6.81. The minimum Gasteiger partial charge on any atom is -0.365 e. The van der Waals surface area contributed by atoms with E-state index in [1.165, 1.54) is 12.4 Å². The molecule has 0 aliphatic heterocycles. The van der Waals surface area contributed by atoms with Crippen LogP contribution >= 0.6 is 15.9 Å². The Morgan fingerprint density at radius 2 is 2.00 bits per heavy atom. The molecule has 0 bridgehead atoms. The minimum atomic E-state index is -0.296. The van der Waals surface area contributed by atoms with Crippen LogP contribution in [0.4, 0.5) is 11.5 Å². The lowest BCUT2D eigenvalue weighted by atomic mass is 10.3. The number of nitrogens with zero attached hydrogens (tertiary/aromatic N) is 2. The molecule has 0 saturated carbocycles. The van der Waals surface area contributed by atoms with E-state index in [2.05, 4.69) is 43.1 Å². The summed E-state index contributed by atoms with van der Waals surface area (Å²) in [5.41, 5.74) is 0.964. The molecule has 0 unspecified atom stereocenters. The van der Waals surface area contributed by atoms with Gasteiger partial charge in [-0.05, 0) is 24.3 Å². The number of hydrogen-bond acceptors (Lipinski definition) is 4. The lowest BCUT2D eigenvalue weighted by Gasteiger charge is -2.05. The monoisotopic (exact) mass is 332 g/mol. The standard InChI is InChI=1S/C14H13BrN4O/c1-2-7-16-13-9-17-12(8-18-13)14(20)19-11-5-3-10(15)4-6-11/h2-6,8-9H,1,7H2,(H,16,18)(H,19,20). The van der Waals surface area contributed by atoms with E-state index < -0.39 is 0 Å². The average Bonchev–Trinajstić information content (AvgIpc) is 2.48. The van der Waals surface area contributed by atoms with E-state index in [9.17, 15) is 4.79 Å². The molecule has 1 aromatic heterocycles. The van der Waals surface area contributed by atoms with Gasteiger partial charge in [-0.15, -0.1) is 6.58 Å². The van der Waals surface area contributed by atoms with Crippen molar-refractivity contribution in [2.45, 2.75) is 0 Å². The predicted molar refractivity (Wildman–Crippen MR) is 82.8 cm³/mol. The van der Waals surface area contributed by atoms with E-state index in [4.69, 9.17) is 0 Å². The molecule has 0 spiro atoms. The molecule has 20 heavy (non-hydrogen) atoms. The van der Waals surface area contributed by atoms with Gasteiger partial charge in [-0.3, -0.25) is 4.79 Å². The van der Waals surface area contributed by atoms with Crippen molar-refractivity contribution < 1.29 is 4.79 Å². The maximum Gasteiger partial charge on any atom is 0.275 e. The quantitative estimate of drug-likeness (QED) is 0.825. The van der Waals surface area contributed by atoms with Gasteiger partial charge in [-0.2, -0.15) is 0 Å². The van der Waals surface area contributed by atoms with Gasteiger partial charge in [0, 0.05) is 16.7 Å². The van der Waals surface area contributed by atoms with E-state index in [0.29, 0.717) is 18.1 Å². The summed E-state index contributed by atoms with van der Waals surface area (Å²) in [6.45, 7) is 4.19. The van der Waals surface area contributed by atoms with Crippen LogP contribution in [0, 0.1) is 0 Å². The van der Waals surface area contributed by atoms with Crippen molar-refractivity contribution >= 4 is 33.3 Å². The number of amides is 1. The Hall–Kier alpha value is -2.21. The van der Waals surface area contributed by atoms with Crippen LogP contribution in [0.2, 0.25) is 0 Å². The largest absolute Gasteiger partial charge is 0.365 e. The lowest BCUT2D eigenvalue weighted by Crippen LogP contribution is -2.14. The first kappa shape index (κ1) is 14.2. The third-order valence-electron chi connectivity index (χ3n) is 2.41. The van der Waals surface area contributed by atoms with Gasteiger partial charge in [-0.1, -0.05) is 22.0 Å². The Bertz CT molecular complexity index is 596. The Kier molecular flexibility index (Phi) is 4.84. The number of benzene rings is 1. The van der Waals surface area contributed by atoms with Crippen LogP contribution in [0.25, 0.3) is 0 Å². The lowest BCUT2D eigenvalue weighted by molar-refractivity contribution is 0.102. The van der Waals surface area contributed by atoms with Crippen molar-refractivity contribution in [2.75, 3.05) is 17.2 Å². The predicted octanol–water partition coefficient (Wildman–Crippen LogP) is 3.09. The highest BCUT2D eigenvalue weighted by atomic mass is 79.9. The van der Waals surface area contributed by atoms with Gasteiger partial charge in [0.25, 0.3) is 5.91 Å². The Morgan fingerprint density at radius 1 is 1.25 bits per heavy atom. The van der Waals surface area contributed by atoms with Gasteiger partial charge in [0.15, 0.2) is 0 Å². The van der Waals surface area contributed by atoms with Crippen molar-refractivity contribution in [2.24, 2.45) is 0 Å². The Balaban J connectivity index is 2.01. The van der Waals surface area contributed by atoms with Crippen molar-refractivity contribution in [1.82, 2.24) is 9.97 Å². The fourth-order valence-electron chi connectivity index (χ4n) is 1.44. The van der Waals surface area contributed by atoms with Gasteiger partial charge < -0.3 is 10.6 Å². The van der Waals surface area contributed by atoms with Gasteiger partial charge in [-0.25, -0.2) is 9.97 Å². The van der Waals surface area contributed by atoms with Crippen molar-refractivity contribution in [3.8, 4) is 0 Å². The van der Waals surface area contributed by atoms with Gasteiger partial charge in [0.2, 0.25) is 0 Å². The molecule has 0 radical (unpaired) electrons. The van der Waals surface area contributed by atoms with Gasteiger partial charge in [0.05, 0.1) is 12.4 Å². The number of hydrogen-bond donors (Lipinski definition) is 2. The summed E-state index contributed by atoms with van der Waals surface area (Å²) >= 11 is 3.34. The van der Waals surface area contributed by atoms with E-state index in [1.54, 1.807) is 18.2 Å². The van der Waals surface area contributed by atoms with Crippen LogP contribution in [0.15, 0.2) is 53.8 Å². The molecule has 1 aromatic carbocycles. The van der Waals surface area contributed by atoms with Crippen LogP contribution in [-0.4, -0.2) is 22.4 Å². The van der Waals surface area contributed by atoms with Gasteiger partial charge in [0.1, 0.15) is 11.5 Å². The summed E-state index contributed by atoms with van der Waals surface area (Å²) in [6, 6.07) is 7.30. The molecule has 2 rings (SSSR count). The molecule has 0 aliphatic rings. The molecule has 2 N–H and O–H groups in total. The molecule has 0 aliphatic carbocycles. The first-order valence-electron chi connectivity index (χ1n) is 5.93. The number of anilines is 2. The summed E-state index contributed by atoms with van der Waals surface area (Å²) in [5.74, 6) is 0.306. The second-order valence-corrected chi connectivity index (χ2v) is 4.83. The zero-order chi connectivity index (χ0) is 14.4. The molecule has 2 aromatic rings. The Morgan fingerprint density at radius 3 is 2.60 bits per heavy atom. The molecule has 0 fully saturated rings. The highest BCUT2D eigenvalue weighted by Gasteiger charge is 2.08.